The van der Waals surface area contributed by atoms with E-state index in [0.717, 1.165) is 39.9 Å². The normalized spacial score (nSPS) is 11.6. The number of nitro groups is 2. The average Bonchev–Trinajstić information content (AvgIpc) is 3.38. The largest absolute Gasteiger partial charge is 0.461 e. The third-order valence-electron chi connectivity index (χ3n) is 5.13. The van der Waals surface area contributed by atoms with Gasteiger partial charge in [0.15, 0.2) is 0 Å². The smallest absolute Gasteiger partial charge is 0.301 e. The number of hydrogen-bond donors (Lipinski definition) is 1. The van der Waals surface area contributed by atoms with Crippen molar-refractivity contribution in [3.63, 3.8) is 0 Å². The van der Waals surface area contributed by atoms with Crippen molar-refractivity contribution in [3.8, 4) is 11.3 Å². The van der Waals surface area contributed by atoms with Crippen LogP contribution in [0.5, 0.6) is 0 Å². The highest BCUT2D eigenvalue weighted by molar-refractivity contribution is 5.94. The summed E-state index contributed by atoms with van der Waals surface area (Å²) in [7, 11) is 0. The van der Waals surface area contributed by atoms with Crippen LogP contribution in [0.25, 0.3) is 22.3 Å². The lowest BCUT2D eigenvalue weighted by Gasteiger charge is -2.05. The molecule has 0 saturated heterocycles. The maximum atomic E-state index is 11.3. The summed E-state index contributed by atoms with van der Waals surface area (Å²) >= 11 is 0. The molecule has 0 aliphatic heterocycles. The average molecular weight is 448 g/mol. The first kappa shape index (κ1) is 21.8. The highest BCUT2D eigenvalue weighted by Crippen LogP contribution is 2.36. The third kappa shape index (κ3) is 4.59. The molecule has 2 aromatic heterocycles. The van der Waals surface area contributed by atoms with Crippen molar-refractivity contribution in [2.75, 3.05) is 5.43 Å². The van der Waals surface area contributed by atoms with Gasteiger partial charge in [-0.1, -0.05) is 18.2 Å². The highest BCUT2D eigenvalue weighted by atomic mass is 16.6. The fraction of sp³-hybridized carbons (Fsp3) is 0.174. The molecule has 0 atom stereocenters. The van der Waals surface area contributed by atoms with Gasteiger partial charge in [0.05, 0.1) is 21.5 Å². The second-order valence-electron chi connectivity index (χ2n) is 7.48. The third-order valence-corrected chi connectivity index (χ3v) is 5.13. The van der Waals surface area contributed by atoms with E-state index in [-0.39, 0.29) is 11.4 Å². The second kappa shape index (κ2) is 8.95. The first-order valence-electron chi connectivity index (χ1n) is 10.1. The molecule has 2 aromatic carbocycles. The molecule has 0 spiro atoms. The lowest BCUT2D eigenvalue weighted by Crippen LogP contribution is -2.02. The lowest BCUT2D eigenvalue weighted by atomic mass is 10.0. The molecule has 0 saturated carbocycles. The molecule has 168 valence electrons. The zero-order valence-electron chi connectivity index (χ0n) is 17.9. The van der Waals surface area contributed by atoms with Gasteiger partial charge >= 0.3 is 5.69 Å². The first-order valence-corrected chi connectivity index (χ1v) is 10.1. The van der Waals surface area contributed by atoms with Crippen molar-refractivity contribution in [2.24, 2.45) is 5.10 Å². The number of aryl methyl sites for hydroxylation is 2. The van der Waals surface area contributed by atoms with Gasteiger partial charge in [-0.2, -0.15) is 5.10 Å². The number of para-hydroxylation sites is 1. The Morgan fingerprint density at radius 1 is 1.03 bits per heavy atom. The topological polar surface area (TPSA) is 137 Å². The van der Waals surface area contributed by atoms with Crippen molar-refractivity contribution in [1.82, 2.24) is 0 Å². The lowest BCUT2D eigenvalue weighted by molar-refractivity contribution is -0.393. The fourth-order valence-electron chi connectivity index (χ4n) is 3.50. The minimum Gasteiger partial charge on any atom is -0.461 e. The Balaban J connectivity index is 1.55. The molecule has 0 bridgehead atoms. The van der Waals surface area contributed by atoms with E-state index >= 15 is 0 Å². The summed E-state index contributed by atoms with van der Waals surface area (Å²) in [6.07, 6.45) is 1.05. The van der Waals surface area contributed by atoms with Crippen molar-refractivity contribution in [1.29, 1.82) is 0 Å². The minimum atomic E-state index is -0.688. The Morgan fingerprint density at radius 3 is 2.52 bits per heavy atom. The van der Waals surface area contributed by atoms with Crippen molar-refractivity contribution in [3.05, 3.63) is 86.3 Å². The maximum absolute atomic E-state index is 11.3. The van der Waals surface area contributed by atoms with Crippen LogP contribution < -0.4 is 5.43 Å². The molecule has 4 rings (SSSR count). The quantitative estimate of drug-likeness (QED) is 0.191. The van der Waals surface area contributed by atoms with E-state index in [1.54, 1.807) is 6.92 Å². The highest BCUT2D eigenvalue weighted by Gasteiger charge is 2.20. The number of benzene rings is 2. The molecule has 0 unspecified atom stereocenters. The fourth-order valence-corrected chi connectivity index (χ4v) is 3.50. The van der Waals surface area contributed by atoms with Crippen LogP contribution in [0.4, 0.5) is 17.1 Å². The maximum Gasteiger partial charge on any atom is 0.301 e. The predicted molar refractivity (Wildman–Crippen MR) is 123 cm³/mol. The molecule has 0 radical (unpaired) electrons. The van der Waals surface area contributed by atoms with E-state index < -0.39 is 15.5 Å². The number of furan rings is 2. The van der Waals surface area contributed by atoms with Gasteiger partial charge in [0.1, 0.15) is 28.6 Å². The van der Waals surface area contributed by atoms with Crippen molar-refractivity contribution < 1.29 is 18.7 Å². The Labute approximate surface area is 187 Å². The number of nitrogens with one attached hydrogen (secondary N) is 1. The molecule has 0 fully saturated rings. The van der Waals surface area contributed by atoms with Crippen molar-refractivity contribution in [2.45, 2.75) is 26.7 Å². The van der Waals surface area contributed by atoms with Gasteiger partial charge in [-0.15, -0.1) is 0 Å². The van der Waals surface area contributed by atoms with Crippen LogP contribution in [0.2, 0.25) is 0 Å². The number of hydrogen-bond acceptors (Lipinski definition) is 8. The number of rotatable bonds is 8. The molecule has 10 heteroatoms. The number of non-ortho nitro benzene ring substituents is 1. The Hall–Kier alpha value is -4.47. The van der Waals surface area contributed by atoms with E-state index in [2.05, 4.69) is 10.5 Å². The van der Waals surface area contributed by atoms with E-state index in [1.807, 2.05) is 43.3 Å². The molecular formula is C23H20N4O6. The summed E-state index contributed by atoms with van der Waals surface area (Å²) < 4.78 is 11.9. The van der Waals surface area contributed by atoms with Crippen LogP contribution >= 0.6 is 0 Å². The van der Waals surface area contributed by atoms with Gasteiger partial charge in [-0.3, -0.25) is 25.7 Å². The Bertz CT molecular complexity index is 1380. The standard InChI is InChI=1S/C23H20N4O6/c1-14(24-25-18-10-9-16(26(28)29)13-19(18)27(30)31)7-11-22-23(21-12-8-15(2)32-21)17-5-3-4-6-20(17)33-22/h3-6,8-10,12-13,25H,7,11H2,1-2H3/b24-14+. The number of nitro benzene ring substituents is 2. The van der Waals surface area contributed by atoms with Gasteiger partial charge in [0.2, 0.25) is 0 Å². The molecule has 2 heterocycles. The zero-order chi connectivity index (χ0) is 23.5. The van der Waals surface area contributed by atoms with Crippen LogP contribution in [0.3, 0.4) is 0 Å². The van der Waals surface area contributed by atoms with Gasteiger partial charge < -0.3 is 8.83 Å². The summed E-state index contributed by atoms with van der Waals surface area (Å²) in [4.78, 5) is 20.8. The summed E-state index contributed by atoms with van der Waals surface area (Å²) in [5, 5.41) is 27.3. The molecule has 1 N–H and O–H groups in total. The van der Waals surface area contributed by atoms with Crippen LogP contribution in [0, 0.1) is 27.2 Å². The van der Waals surface area contributed by atoms with E-state index in [0.29, 0.717) is 18.6 Å². The van der Waals surface area contributed by atoms with E-state index in [1.165, 1.54) is 12.1 Å². The second-order valence-corrected chi connectivity index (χ2v) is 7.48. The van der Waals surface area contributed by atoms with Crippen LogP contribution in [-0.2, 0) is 6.42 Å². The van der Waals surface area contributed by atoms with E-state index in [4.69, 9.17) is 8.83 Å². The molecular weight excluding hydrogens is 428 g/mol. The summed E-state index contributed by atoms with van der Waals surface area (Å²) in [5.41, 5.74) is 4.25. The van der Waals surface area contributed by atoms with Gasteiger partial charge in [0, 0.05) is 23.6 Å². The first-order chi connectivity index (χ1) is 15.8. The molecule has 0 amide bonds. The van der Waals surface area contributed by atoms with Crippen molar-refractivity contribution >= 4 is 33.7 Å². The number of fused-ring (bicyclic) bond motifs is 1. The number of hydrazone groups is 1. The SMILES string of the molecule is C/C(CCc1oc2ccccc2c1-c1ccc(C)o1)=N\Nc1ccc([N+](=O)[O-])cc1[N+](=O)[O-]. The van der Waals surface area contributed by atoms with Gasteiger partial charge in [-0.25, -0.2) is 0 Å². The molecule has 33 heavy (non-hydrogen) atoms. The van der Waals surface area contributed by atoms with Crippen LogP contribution in [0.1, 0.15) is 24.9 Å². The summed E-state index contributed by atoms with van der Waals surface area (Å²) in [6, 6.07) is 14.9. The van der Waals surface area contributed by atoms with Gasteiger partial charge in [0.25, 0.3) is 5.69 Å². The predicted octanol–water partition coefficient (Wildman–Crippen LogP) is 6.24. The number of nitrogens with zero attached hydrogens (tertiary/aromatic N) is 3. The monoisotopic (exact) mass is 448 g/mol. The summed E-state index contributed by atoms with van der Waals surface area (Å²) in [6.45, 7) is 3.66. The Morgan fingerprint density at radius 2 is 1.82 bits per heavy atom. The zero-order valence-corrected chi connectivity index (χ0v) is 17.9. The van der Waals surface area contributed by atoms with E-state index in [9.17, 15) is 20.2 Å². The molecule has 4 aromatic rings. The van der Waals surface area contributed by atoms with Crippen LogP contribution in [-0.4, -0.2) is 15.6 Å². The molecule has 0 aliphatic rings. The minimum absolute atomic E-state index is 0.0698. The van der Waals surface area contributed by atoms with Gasteiger partial charge in [-0.05, 0) is 44.5 Å². The molecule has 10 nitrogen and oxygen atoms in total. The van der Waals surface area contributed by atoms with Crippen LogP contribution in [0.15, 0.2) is 68.5 Å². The molecule has 0 aliphatic carbocycles. The summed E-state index contributed by atoms with van der Waals surface area (Å²) in [5.74, 6) is 2.27. The number of anilines is 1. The Kier molecular flexibility index (Phi) is 5.90.